The number of halogens is 1. The molecule has 2 heterocycles. The van der Waals surface area contributed by atoms with Crippen LogP contribution in [0.4, 0.5) is 10.1 Å². The molecule has 0 saturated carbocycles. The second-order valence-corrected chi connectivity index (χ2v) is 5.02. The van der Waals surface area contributed by atoms with E-state index in [0.29, 0.717) is 0 Å². The van der Waals surface area contributed by atoms with Crippen molar-refractivity contribution in [3.8, 4) is 0 Å². The van der Waals surface area contributed by atoms with E-state index in [1.54, 1.807) is 6.07 Å². The molecular formula is C14H17FN4. The van der Waals surface area contributed by atoms with Gasteiger partial charge in [0.05, 0.1) is 6.54 Å². The third kappa shape index (κ3) is 2.20. The highest BCUT2D eigenvalue weighted by atomic mass is 19.1. The Morgan fingerprint density at radius 3 is 2.89 bits per heavy atom. The van der Waals surface area contributed by atoms with Gasteiger partial charge in [-0.15, -0.1) is 10.2 Å². The van der Waals surface area contributed by atoms with Crippen molar-refractivity contribution < 1.29 is 4.39 Å². The second-order valence-electron chi connectivity index (χ2n) is 5.02. The highest BCUT2D eigenvalue weighted by Crippen LogP contribution is 2.28. The molecule has 19 heavy (non-hydrogen) atoms. The number of hydrogen-bond donors (Lipinski definition) is 0. The third-order valence-electron chi connectivity index (χ3n) is 3.77. The Labute approximate surface area is 111 Å². The van der Waals surface area contributed by atoms with Crippen LogP contribution in [0.2, 0.25) is 0 Å². The number of hydrogen-bond acceptors (Lipinski definition) is 3. The summed E-state index contributed by atoms with van der Waals surface area (Å²) in [6.45, 7) is 3.64. The van der Waals surface area contributed by atoms with Crippen LogP contribution in [0.15, 0.2) is 18.2 Å². The van der Waals surface area contributed by atoms with E-state index in [1.165, 1.54) is 6.07 Å². The molecule has 0 saturated heterocycles. The summed E-state index contributed by atoms with van der Waals surface area (Å²) >= 11 is 0. The Kier molecular flexibility index (Phi) is 2.97. The summed E-state index contributed by atoms with van der Waals surface area (Å²) in [6.07, 6.45) is 1.99. The lowest BCUT2D eigenvalue weighted by atomic mass is 10.0. The summed E-state index contributed by atoms with van der Waals surface area (Å²) in [5.41, 5.74) is 2.21. The monoisotopic (exact) mass is 260 g/mol. The van der Waals surface area contributed by atoms with Gasteiger partial charge in [-0.2, -0.15) is 0 Å². The molecule has 0 atom stereocenters. The zero-order valence-corrected chi connectivity index (χ0v) is 11.2. The van der Waals surface area contributed by atoms with E-state index in [4.69, 9.17) is 0 Å². The van der Waals surface area contributed by atoms with Gasteiger partial charge in [-0.3, -0.25) is 0 Å². The van der Waals surface area contributed by atoms with Gasteiger partial charge in [-0.25, -0.2) is 4.39 Å². The smallest absolute Gasteiger partial charge is 0.152 e. The Bertz CT molecular complexity index is 605. The second kappa shape index (κ2) is 4.64. The Hall–Kier alpha value is -1.91. The number of aromatic nitrogens is 3. The summed E-state index contributed by atoms with van der Waals surface area (Å²) in [5, 5.41) is 8.28. The normalized spacial score (nSPS) is 14.6. The van der Waals surface area contributed by atoms with Crippen LogP contribution in [0, 0.1) is 12.7 Å². The van der Waals surface area contributed by atoms with Gasteiger partial charge >= 0.3 is 0 Å². The standard InChI is InChI=1S/C14H17FN4/c1-10-16-17-14(18(10)2)9-19-7-3-4-11-8-12(15)5-6-13(11)19/h5-6,8H,3-4,7,9H2,1-2H3. The van der Waals surface area contributed by atoms with E-state index in [2.05, 4.69) is 15.1 Å². The lowest BCUT2D eigenvalue weighted by molar-refractivity contribution is 0.614. The fourth-order valence-electron chi connectivity index (χ4n) is 2.57. The number of fused-ring (bicyclic) bond motifs is 1. The van der Waals surface area contributed by atoms with Gasteiger partial charge in [0.15, 0.2) is 5.82 Å². The summed E-state index contributed by atoms with van der Waals surface area (Å²) in [4.78, 5) is 2.25. The van der Waals surface area contributed by atoms with Crippen LogP contribution < -0.4 is 4.90 Å². The van der Waals surface area contributed by atoms with Gasteiger partial charge in [-0.1, -0.05) is 0 Å². The molecule has 4 nitrogen and oxygen atoms in total. The fourth-order valence-corrected chi connectivity index (χ4v) is 2.57. The summed E-state index contributed by atoms with van der Waals surface area (Å²) in [7, 11) is 1.97. The van der Waals surface area contributed by atoms with Crippen molar-refractivity contribution in [1.82, 2.24) is 14.8 Å². The molecule has 0 amide bonds. The van der Waals surface area contributed by atoms with E-state index >= 15 is 0 Å². The maximum absolute atomic E-state index is 13.3. The molecule has 0 bridgehead atoms. The number of aryl methyl sites for hydroxylation is 2. The van der Waals surface area contributed by atoms with Crippen molar-refractivity contribution in [2.75, 3.05) is 11.4 Å². The molecule has 0 unspecified atom stereocenters. The highest BCUT2D eigenvalue weighted by molar-refractivity contribution is 5.55. The van der Waals surface area contributed by atoms with Crippen LogP contribution in [-0.2, 0) is 20.0 Å². The van der Waals surface area contributed by atoms with Crippen molar-refractivity contribution in [3.63, 3.8) is 0 Å². The summed E-state index contributed by atoms with van der Waals surface area (Å²) in [6, 6.07) is 5.04. The molecule has 0 spiro atoms. The molecule has 1 aromatic heterocycles. The van der Waals surface area contributed by atoms with Gasteiger partial charge < -0.3 is 9.47 Å². The van der Waals surface area contributed by atoms with Gasteiger partial charge in [-0.05, 0) is 43.5 Å². The van der Waals surface area contributed by atoms with Crippen LogP contribution in [0.1, 0.15) is 23.6 Å². The average molecular weight is 260 g/mol. The Morgan fingerprint density at radius 2 is 2.16 bits per heavy atom. The molecule has 3 rings (SSSR count). The van der Waals surface area contributed by atoms with Crippen LogP contribution in [0.25, 0.3) is 0 Å². The minimum absolute atomic E-state index is 0.157. The SMILES string of the molecule is Cc1nnc(CN2CCCc3cc(F)ccc32)n1C. The predicted molar refractivity (Wildman–Crippen MR) is 71.5 cm³/mol. The fraction of sp³-hybridized carbons (Fsp3) is 0.429. The lowest BCUT2D eigenvalue weighted by Crippen LogP contribution is -2.30. The largest absolute Gasteiger partial charge is 0.364 e. The topological polar surface area (TPSA) is 34.0 Å². The Balaban J connectivity index is 1.90. The molecule has 2 aromatic rings. The van der Waals surface area contributed by atoms with Crippen LogP contribution in [0.5, 0.6) is 0 Å². The summed E-state index contributed by atoms with van der Waals surface area (Å²) < 4.78 is 15.3. The zero-order chi connectivity index (χ0) is 13.4. The van der Waals surface area contributed by atoms with Gasteiger partial charge in [0.2, 0.25) is 0 Å². The highest BCUT2D eigenvalue weighted by Gasteiger charge is 2.19. The van der Waals surface area contributed by atoms with Crippen LogP contribution >= 0.6 is 0 Å². The number of benzene rings is 1. The number of anilines is 1. The predicted octanol–water partition coefficient (Wildman–Crippen LogP) is 2.22. The van der Waals surface area contributed by atoms with Crippen molar-refractivity contribution in [2.24, 2.45) is 7.05 Å². The van der Waals surface area contributed by atoms with Gasteiger partial charge in [0, 0.05) is 19.3 Å². The van der Waals surface area contributed by atoms with Crippen molar-refractivity contribution in [1.29, 1.82) is 0 Å². The zero-order valence-electron chi connectivity index (χ0n) is 11.2. The third-order valence-corrected chi connectivity index (χ3v) is 3.77. The molecule has 0 aliphatic carbocycles. The van der Waals surface area contributed by atoms with Crippen molar-refractivity contribution >= 4 is 5.69 Å². The van der Waals surface area contributed by atoms with Crippen molar-refractivity contribution in [3.05, 3.63) is 41.2 Å². The maximum Gasteiger partial charge on any atom is 0.152 e. The van der Waals surface area contributed by atoms with Crippen molar-refractivity contribution in [2.45, 2.75) is 26.3 Å². The first-order valence-electron chi connectivity index (χ1n) is 6.53. The Morgan fingerprint density at radius 1 is 1.32 bits per heavy atom. The first-order chi connectivity index (χ1) is 9.15. The average Bonchev–Trinajstić information content (AvgIpc) is 2.71. The van der Waals surface area contributed by atoms with E-state index in [0.717, 1.165) is 48.8 Å². The molecule has 0 radical (unpaired) electrons. The van der Waals surface area contributed by atoms with Gasteiger partial charge in [0.25, 0.3) is 0 Å². The molecule has 1 aliphatic rings. The quantitative estimate of drug-likeness (QED) is 0.830. The molecule has 1 aliphatic heterocycles. The lowest BCUT2D eigenvalue weighted by Gasteiger charge is -2.30. The molecule has 0 N–H and O–H groups in total. The van der Waals surface area contributed by atoms with Crippen LogP contribution in [-0.4, -0.2) is 21.3 Å². The minimum Gasteiger partial charge on any atom is -0.364 e. The number of nitrogens with zero attached hydrogens (tertiary/aromatic N) is 4. The molecule has 5 heteroatoms. The number of rotatable bonds is 2. The van der Waals surface area contributed by atoms with E-state index in [9.17, 15) is 4.39 Å². The maximum atomic E-state index is 13.3. The summed E-state index contributed by atoms with van der Waals surface area (Å²) in [5.74, 6) is 1.69. The van der Waals surface area contributed by atoms with Crippen LogP contribution in [0.3, 0.4) is 0 Å². The first-order valence-corrected chi connectivity index (χ1v) is 6.53. The van der Waals surface area contributed by atoms with E-state index in [1.807, 2.05) is 24.6 Å². The first kappa shape index (κ1) is 12.1. The molecule has 1 aromatic carbocycles. The molecular weight excluding hydrogens is 243 g/mol. The minimum atomic E-state index is -0.157. The van der Waals surface area contributed by atoms with Gasteiger partial charge in [0.1, 0.15) is 11.6 Å². The molecule has 100 valence electrons. The molecule has 0 fully saturated rings. The van der Waals surface area contributed by atoms with E-state index < -0.39 is 0 Å². The van der Waals surface area contributed by atoms with E-state index in [-0.39, 0.29) is 5.82 Å².